The molecule has 1 aliphatic rings. The predicted octanol–water partition coefficient (Wildman–Crippen LogP) is 1.17. The van der Waals surface area contributed by atoms with Crippen molar-refractivity contribution in [1.82, 2.24) is 25.6 Å². The lowest BCUT2D eigenvalue weighted by atomic mass is 10.2. The van der Waals surface area contributed by atoms with Crippen molar-refractivity contribution in [1.29, 1.82) is 0 Å². The summed E-state index contributed by atoms with van der Waals surface area (Å²) in [6, 6.07) is 9.62. The average molecular weight is 412 g/mol. The maximum atomic E-state index is 12.2. The van der Waals surface area contributed by atoms with Crippen molar-refractivity contribution in [2.24, 2.45) is 0 Å². The summed E-state index contributed by atoms with van der Waals surface area (Å²) >= 11 is 1.40. The van der Waals surface area contributed by atoms with Crippen molar-refractivity contribution in [3.63, 3.8) is 0 Å². The Morgan fingerprint density at radius 1 is 1.14 bits per heavy atom. The van der Waals surface area contributed by atoms with Crippen molar-refractivity contribution >= 4 is 28.3 Å². The fraction of sp³-hybridized carbons (Fsp3) is 0.263. The number of morpholine rings is 1. The lowest BCUT2D eigenvalue weighted by molar-refractivity contribution is -0.121. The van der Waals surface area contributed by atoms with Crippen LogP contribution >= 0.6 is 11.3 Å². The Balaban J connectivity index is 1.28. The number of hydrogen-bond donors (Lipinski definition) is 2. The summed E-state index contributed by atoms with van der Waals surface area (Å²) in [5, 5.41) is 6.71. The van der Waals surface area contributed by atoms with E-state index in [0.717, 1.165) is 29.5 Å². The van der Waals surface area contributed by atoms with Crippen LogP contribution in [0.5, 0.6) is 0 Å². The van der Waals surface area contributed by atoms with Crippen LogP contribution in [-0.2, 0) is 16.0 Å². The lowest BCUT2D eigenvalue weighted by Crippen LogP contribution is -2.42. The number of para-hydroxylation sites is 1. The fourth-order valence-electron chi connectivity index (χ4n) is 2.86. The number of anilines is 1. The molecule has 0 unspecified atom stereocenters. The van der Waals surface area contributed by atoms with E-state index >= 15 is 0 Å². The monoisotopic (exact) mass is 412 g/mol. The van der Waals surface area contributed by atoms with E-state index in [4.69, 9.17) is 4.74 Å². The van der Waals surface area contributed by atoms with Gasteiger partial charge in [-0.2, -0.15) is 5.10 Å². The smallest absolute Gasteiger partial charge is 0.289 e. The summed E-state index contributed by atoms with van der Waals surface area (Å²) in [5.74, 6) is -0.788. The van der Waals surface area contributed by atoms with E-state index in [-0.39, 0.29) is 18.0 Å². The minimum absolute atomic E-state index is 0.100. The molecule has 1 saturated heterocycles. The van der Waals surface area contributed by atoms with E-state index in [1.165, 1.54) is 11.3 Å². The maximum absolute atomic E-state index is 12.2. The third-order valence-electron chi connectivity index (χ3n) is 4.34. The van der Waals surface area contributed by atoms with Crippen LogP contribution in [0.3, 0.4) is 0 Å². The van der Waals surface area contributed by atoms with Crippen molar-refractivity contribution < 1.29 is 14.3 Å². The van der Waals surface area contributed by atoms with Gasteiger partial charge < -0.3 is 9.64 Å². The van der Waals surface area contributed by atoms with Gasteiger partial charge in [-0.15, -0.1) is 11.3 Å². The van der Waals surface area contributed by atoms with E-state index in [1.54, 1.807) is 22.5 Å². The Labute approximate surface area is 171 Å². The molecular weight excluding hydrogens is 392 g/mol. The molecular formula is C19H20N6O3S. The normalized spacial score (nSPS) is 13.9. The van der Waals surface area contributed by atoms with Crippen molar-refractivity contribution in [3.05, 3.63) is 59.4 Å². The predicted molar refractivity (Wildman–Crippen MR) is 108 cm³/mol. The molecule has 9 nitrogen and oxygen atoms in total. The van der Waals surface area contributed by atoms with Gasteiger partial charge in [0, 0.05) is 24.7 Å². The summed E-state index contributed by atoms with van der Waals surface area (Å²) in [7, 11) is 0. The maximum Gasteiger partial charge on any atom is 0.289 e. The van der Waals surface area contributed by atoms with Crippen LogP contribution < -0.4 is 15.8 Å². The van der Waals surface area contributed by atoms with Crippen molar-refractivity contribution in [2.75, 3.05) is 31.2 Å². The van der Waals surface area contributed by atoms with Crippen LogP contribution in [0, 0.1) is 0 Å². The number of aromatic nitrogens is 3. The Kier molecular flexibility index (Phi) is 5.82. The van der Waals surface area contributed by atoms with Crippen LogP contribution in [0.1, 0.15) is 16.1 Å². The molecule has 3 aromatic rings. The Bertz CT molecular complexity index is 981. The summed E-state index contributed by atoms with van der Waals surface area (Å²) in [4.78, 5) is 30.8. The van der Waals surface area contributed by atoms with Crippen LogP contribution in [0.4, 0.5) is 5.13 Å². The molecule has 4 rings (SSSR count). The number of thiazole rings is 1. The van der Waals surface area contributed by atoms with Gasteiger partial charge >= 0.3 is 0 Å². The zero-order valence-corrected chi connectivity index (χ0v) is 16.4. The van der Waals surface area contributed by atoms with E-state index in [9.17, 15) is 9.59 Å². The molecule has 3 heterocycles. The van der Waals surface area contributed by atoms with Crippen molar-refractivity contribution in [3.8, 4) is 5.69 Å². The zero-order valence-electron chi connectivity index (χ0n) is 15.6. The Morgan fingerprint density at radius 2 is 1.93 bits per heavy atom. The van der Waals surface area contributed by atoms with Crippen LogP contribution in [-0.4, -0.2) is 52.9 Å². The number of nitrogens with zero attached hydrogens (tertiary/aromatic N) is 4. The average Bonchev–Trinajstić information content (AvgIpc) is 3.43. The third kappa shape index (κ3) is 4.79. The number of amides is 2. The standard InChI is InChI=1S/C19H20N6O3S/c26-17(10-14-11-20-25(12-14)15-4-2-1-3-5-15)22-23-18(27)16-13-29-19(21-16)24-6-8-28-9-7-24/h1-5,11-13H,6-10H2,(H,22,26)(H,23,27). The summed E-state index contributed by atoms with van der Waals surface area (Å²) < 4.78 is 7.02. The summed E-state index contributed by atoms with van der Waals surface area (Å²) in [5.41, 5.74) is 6.75. The topological polar surface area (TPSA) is 101 Å². The largest absolute Gasteiger partial charge is 0.378 e. The van der Waals surface area contributed by atoms with Gasteiger partial charge in [0.15, 0.2) is 5.13 Å². The van der Waals surface area contributed by atoms with Crippen LogP contribution in [0.15, 0.2) is 48.1 Å². The van der Waals surface area contributed by atoms with Crippen LogP contribution in [0.25, 0.3) is 5.69 Å². The first-order valence-corrected chi connectivity index (χ1v) is 10.0. The second-order valence-corrected chi connectivity index (χ2v) is 7.26. The van der Waals surface area contributed by atoms with E-state index in [1.807, 2.05) is 30.3 Å². The van der Waals surface area contributed by atoms with Gasteiger partial charge in [0.1, 0.15) is 5.69 Å². The van der Waals surface area contributed by atoms with Crippen LogP contribution in [0.2, 0.25) is 0 Å². The number of hydrogen-bond acceptors (Lipinski definition) is 7. The number of rotatable bonds is 5. The molecule has 1 aliphatic heterocycles. The first kappa shape index (κ1) is 19.1. The molecule has 2 amide bonds. The van der Waals surface area contributed by atoms with Gasteiger partial charge in [-0.3, -0.25) is 20.4 Å². The van der Waals surface area contributed by atoms with Gasteiger partial charge in [0.2, 0.25) is 5.91 Å². The highest BCUT2D eigenvalue weighted by atomic mass is 32.1. The Morgan fingerprint density at radius 3 is 2.72 bits per heavy atom. The summed E-state index contributed by atoms with van der Waals surface area (Å²) in [6.45, 7) is 2.81. The highest BCUT2D eigenvalue weighted by Gasteiger charge is 2.18. The van der Waals surface area contributed by atoms with Gasteiger partial charge in [0.25, 0.3) is 5.91 Å². The molecule has 0 saturated carbocycles. The minimum Gasteiger partial charge on any atom is -0.378 e. The first-order valence-electron chi connectivity index (χ1n) is 9.15. The number of carbonyl (C=O) groups is 2. The third-order valence-corrected chi connectivity index (χ3v) is 5.24. The molecule has 0 aliphatic carbocycles. The highest BCUT2D eigenvalue weighted by molar-refractivity contribution is 7.13. The molecule has 29 heavy (non-hydrogen) atoms. The Hall–Kier alpha value is -3.24. The number of carbonyl (C=O) groups excluding carboxylic acids is 2. The molecule has 10 heteroatoms. The summed E-state index contributed by atoms with van der Waals surface area (Å²) in [6.07, 6.45) is 3.51. The molecule has 1 fully saturated rings. The van der Waals surface area contributed by atoms with E-state index in [2.05, 4.69) is 25.8 Å². The number of benzene rings is 1. The molecule has 0 atom stereocenters. The number of ether oxygens (including phenoxy) is 1. The van der Waals surface area contributed by atoms with Gasteiger partial charge in [-0.1, -0.05) is 18.2 Å². The molecule has 0 radical (unpaired) electrons. The second-order valence-electron chi connectivity index (χ2n) is 6.42. The SMILES string of the molecule is O=C(Cc1cnn(-c2ccccc2)c1)NNC(=O)c1csc(N2CCOCC2)n1. The molecule has 0 bridgehead atoms. The van der Waals surface area contributed by atoms with Gasteiger partial charge in [-0.05, 0) is 17.7 Å². The van der Waals surface area contributed by atoms with Crippen molar-refractivity contribution in [2.45, 2.75) is 6.42 Å². The minimum atomic E-state index is -0.450. The zero-order chi connectivity index (χ0) is 20.1. The second kappa shape index (κ2) is 8.84. The molecule has 0 spiro atoms. The number of hydrazine groups is 1. The van der Waals surface area contributed by atoms with E-state index in [0.29, 0.717) is 13.2 Å². The van der Waals surface area contributed by atoms with E-state index < -0.39 is 5.91 Å². The molecule has 2 N–H and O–H groups in total. The fourth-order valence-corrected chi connectivity index (χ4v) is 3.72. The number of nitrogens with one attached hydrogen (secondary N) is 2. The molecule has 1 aromatic carbocycles. The molecule has 150 valence electrons. The first-order chi connectivity index (χ1) is 14.2. The van der Waals surface area contributed by atoms with Gasteiger partial charge in [-0.25, -0.2) is 9.67 Å². The van der Waals surface area contributed by atoms with Gasteiger partial charge in [0.05, 0.1) is 31.5 Å². The molecule has 2 aromatic heterocycles. The lowest BCUT2D eigenvalue weighted by Gasteiger charge is -2.25. The quantitative estimate of drug-likeness (QED) is 0.610. The highest BCUT2D eigenvalue weighted by Crippen LogP contribution is 2.21.